The van der Waals surface area contributed by atoms with Crippen molar-refractivity contribution in [3.8, 4) is 11.5 Å². The van der Waals surface area contributed by atoms with Gasteiger partial charge in [-0.05, 0) is 29.7 Å². The summed E-state index contributed by atoms with van der Waals surface area (Å²) < 4.78 is 10.7. The average molecular weight is 387 g/mol. The Balaban J connectivity index is 2.09. The molecule has 0 aliphatic heterocycles. The van der Waals surface area contributed by atoms with Gasteiger partial charge in [0.05, 0.1) is 14.2 Å². The van der Waals surface area contributed by atoms with Gasteiger partial charge in [-0.3, -0.25) is 4.79 Å². The van der Waals surface area contributed by atoms with Crippen molar-refractivity contribution in [3.63, 3.8) is 0 Å². The predicted octanol–water partition coefficient (Wildman–Crippen LogP) is 5.20. The number of methoxy groups -OCH3 is 2. The van der Waals surface area contributed by atoms with Crippen LogP contribution in [0.15, 0.2) is 91.5 Å². The van der Waals surface area contributed by atoms with E-state index in [0.717, 1.165) is 11.1 Å². The smallest absolute Gasteiger partial charge is 0.239 e. The highest BCUT2D eigenvalue weighted by Crippen LogP contribution is 2.38. The van der Waals surface area contributed by atoms with Gasteiger partial charge in [-0.25, -0.2) is 0 Å². The lowest BCUT2D eigenvalue weighted by atomic mass is 9.71. The van der Waals surface area contributed by atoms with Crippen LogP contribution in [0.3, 0.4) is 0 Å². The monoisotopic (exact) mass is 387 g/mol. The van der Waals surface area contributed by atoms with Crippen molar-refractivity contribution in [1.29, 1.82) is 0 Å². The summed E-state index contributed by atoms with van der Waals surface area (Å²) in [5.74, 6) is 1.02. The molecule has 0 heterocycles. The van der Waals surface area contributed by atoms with E-state index < -0.39 is 5.41 Å². The molecule has 148 valence electrons. The molecule has 0 unspecified atom stereocenters. The van der Waals surface area contributed by atoms with Gasteiger partial charge >= 0.3 is 0 Å². The fourth-order valence-electron chi connectivity index (χ4n) is 3.57. The molecule has 3 rings (SSSR count). The van der Waals surface area contributed by atoms with Gasteiger partial charge in [-0.1, -0.05) is 66.7 Å². The lowest BCUT2D eigenvalue weighted by Crippen LogP contribution is -2.41. The number of hydrogen-bond donors (Lipinski definition) is 1. The molecule has 0 aromatic heterocycles. The Hall–Kier alpha value is -3.53. The average Bonchev–Trinajstić information content (AvgIpc) is 2.78. The minimum Gasteiger partial charge on any atom is -0.493 e. The molecule has 0 fully saturated rings. The Labute approximate surface area is 171 Å². The van der Waals surface area contributed by atoms with Crippen LogP contribution in [0.2, 0.25) is 0 Å². The minimum atomic E-state index is -0.905. The van der Waals surface area contributed by atoms with Crippen molar-refractivity contribution in [3.05, 3.63) is 103 Å². The summed E-state index contributed by atoms with van der Waals surface area (Å²) in [6.45, 7) is 3.92. The number of carbonyl (C=O) groups is 1. The fraction of sp³-hybridized carbons (Fsp3) is 0.160. The molecular weight excluding hydrogens is 362 g/mol. The zero-order chi connectivity index (χ0) is 20.7. The first-order valence-electron chi connectivity index (χ1n) is 9.41. The number of benzene rings is 3. The highest BCUT2D eigenvalue weighted by atomic mass is 16.5. The van der Waals surface area contributed by atoms with E-state index >= 15 is 0 Å². The highest BCUT2D eigenvalue weighted by molar-refractivity contribution is 6.02. The molecule has 0 atom stereocenters. The Morgan fingerprint density at radius 1 is 0.897 bits per heavy atom. The molecule has 3 aromatic carbocycles. The van der Waals surface area contributed by atoms with Gasteiger partial charge in [0.25, 0.3) is 0 Å². The number of amides is 1. The van der Waals surface area contributed by atoms with E-state index in [-0.39, 0.29) is 5.91 Å². The number of allylic oxidation sites excluding steroid dienone is 1. The number of ether oxygens (including phenoxy) is 2. The second-order valence-corrected chi connectivity index (χ2v) is 6.65. The summed E-state index contributed by atoms with van der Waals surface area (Å²) in [4.78, 5) is 13.7. The van der Waals surface area contributed by atoms with Gasteiger partial charge in [0.1, 0.15) is 5.41 Å². The lowest BCUT2D eigenvalue weighted by Gasteiger charge is -2.33. The van der Waals surface area contributed by atoms with Crippen LogP contribution in [0.4, 0.5) is 5.69 Å². The van der Waals surface area contributed by atoms with E-state index in [1.165, 1.54) is 0 Å². The van der Waals surface area contributed by atoms with Crippen molar-refractivity contribution < 1.29 is 14.3 Å². The molecule has 4 heteroatoms. The first kappa shape index (κ1) is 20.2. The lowest BCUT2D eigenvalue weighted by molar-refractivity contribution is -0.120. The van der Waals surface area contributed by atoms with Crippen LogP contribution < -0.4 is 14.8 Å². The van der Waals surface area contributed by atoms with E-state index in [0.29, 0.717) is 23.6 Å². The van der Waals surface area contributed by atoms with Crippen molar-refractivity contribution in [2.45, 2.75) is 11.8 Å². The topological polar surface area (TPSA) is 47.6 Å². The quantitative estimate of drug-likeness (QED) is 0.540. The highest BCUT2D eigenvalue weighted by Gasteiger charge is 2.41. The number of anilines is 1. The van der Waals surface area contributed by atoms with Crippen LogP contribution in [0.1, 0.15) is 17.5 Å². The number of nitrogens with one attached hydrogen (secondary N) is 1. The fourth-order valence-corrected chi connectivity index (χ4v) is 3.57. The van der Waals surface area contributed by atoms with E-state index in [4.69, 9.17) is 9.47 Å². The van der Waals surface area contributed by atoms with Gasteiger partial charge in [0.2, 0.25) is 5.91 Å². The van der Waals surface area contributed by atoms with E-state index in [2.05, 4.69) is 11.9 Å². The molecule has 0 radical (unpaired) electrons. The van der Waals surface area contributed by atoms with Crippen LogP contribution >= 0.6 is 0 Å². The largest absolute Gasteiger partial charge is 0.493 e. The van der Waals surface area contributed by atoms with Crippen LogP contribution in [0.25, 0.3) is 0 Å². The third kappa shape index (κ3) is 4.02. The number of carbonyl (C=O) groups excluding carboxylic acids is 1. The second-order valence-electron chi connectivity index (χ2n) is 6.65. The standard InChI is InChI=1S/C25H25NO3/c1-4-17-25(19-11-7-5-8-12-19,20-13-9-6-10-14-20)24(27)26-21-15-16-22(28-2)23(18-21)29-3/h4-16,18H,1,17H2,2-3H3,(H,26,27). The summed E-state index contributed by atoms with van der Waals surface area (Å²) in [6.07, 6.45) is 2.24. The Morgan fingerprint density at radius 2 is 1.45 bits per heavy atom. The van der Waals surface area contributed by atoms with Gasteiger partial charge in [0.15, 0.2) is 11.5 Å². The summed E-state index contributed by atoms with van der Waals surface area (Å²) in [5, 5.41) is 3.07. The predicted molar refractivity (Wildman–Crippen MR) is 117 cm³/mol. The first-order valence-corrected chi connectivity index (χ1v) is 9.41. The SMILES string of the molecule is C=CCC(C(=O)Nc1ccc(OC)c(OC)c1)(c1ccccc1)c1ccccc1. The summed E-state index contributed by atoms with van der Waals surface area (Å²) in [6, 6.07) is 24.9. The molecular formula is C25H25NO3. The minimum absolute atomic E-state index is 0.137. The summed E-state index contributed by atoms with van der Waals surface area (Å²) in [7, 11) is 3.15. The third-order valence-corrected chi connectivity index (χ3v) is 5.01. The number of hydrogen-bond acceptors (Lipinski definition) is 3. The maximum atomic E-state index is 13.7. The van der Waals surface area contributed by atoms with Gasteiger partial charge in [-0.2, -0.15) is 0 Å². The molecule has 3 aromatic rings. The van der Waals surface area contributed by atoms with E-state index in [1.54, 1.807) is 38.5 Å². The van der Waals surface area contributed by atoms with E-state index in [9.17, 15) is 4.79 Å². The molecule has 0 aliphatic carbocycles. The van der Waals surface area contributed by atoms with Crippen LogP contribution in [-0.2, 0) is 10.2 Å². The van der Waals surface area contributed by atoms with Gasteiger partial charge < -0.3 is 14.8 Å². The maximum absolute atomic E-state index is 13.7. The zero-order valence-corrected chi connectivity index (χ0v) is 16.7. The second kappa shape index (κ2) is 9.11. The first-order chi connectivity index (χ1) is 14.2. The van der Waals surface area contributed by atoms with Crippen molar-refractivity contribution >= 4 is 11.6 Å². The molecule has 4 nitrogen and oxygen atoms in total. The molecule has 0 spiro atoms. The summed E-state index contributed by atoms with van der Waals surface area (Å²) in [5.41, 5.74) is 1.54. The Morgan fingerprint density at radius 3 is 1.93 bits per heavy atom. The van der Waals surface area contributed by atoms with Crippen molar-refractivity contribution in [2.75, 3.05) is 19.5 Å². The maximum Gasteiger partial charge on any atom is 0.239 e. The normalized spacial score (nSPS) is 10.8. The molecule has 1 N–H and O–H groups in total. The Bertz CT molecular complexity index is 928. The molecule has 29 heavy (non-hydrogen) atoms. The van der Waals surface area contributed by atoms with Crippen molar-refractivity contribution in [1.82, 2.24) is 0 Å². The molecule has 1 amide bonds. The molecule has 0 bridgehead atoms. The van der Waals surface area contributed by atoms with E-state index in [1.807, 2.05) is 60.7 Å². The van der Waals surface area contributed by atoms with Crippen LogP contribution in [0.5, 0.6) is 11.5 Å². The van der Waals surface area contributed by atoms with Gasteiger partial charge in [0, 0.05) is 11.8 Å². The number of rotatable bonds is 8. The van der Waals surface area contributed by atoms with Crippen LogP contribution in [0, 0.1) is 0 Å². The summed E-state index contributed by atoms with van der Waals surface area (Å²) >= 11 is 0. The molecule has 0 saturated carbocycles. The van der Waals surface area contributed by atoms with Crippen molar-refractivity contribution in [2.24, 2.45) is 0 Å². The Kier molecular flexibility index (Phi) is 6.35. The molecule has 0 saturated heterocycles. The zero-order valence-electron chi connectivity index (χ0n) is 16.7. The van der Waals surface area contributed by atoms with Crippen LogP contribution in [-0.4, -0.2) is 20.1 Å². The molecule has 0 aliphatic rings. The van der Waals surface area contributed by atoms with Gasteiger partial charge in [-0.15, -0.1) is 6.58 Å². The third-order valence-electron chi connectivity index (χ3n) is 5.01.